The quantitative estimate of drug-likeness (QED) is 0.662. The summed E-state index contributed by atoms with van der Waals surface area (Å²) < 4.78 is 0. The lowest BCUT2D eigenvalue weighted by Crippen LogP contribution is -2.38. The van der Waals surface area contributed by atoms with Crippen LogP contribution in [0.4, 0.5) is 11.5 Å². The van der Waals surface area contributed by atoms with E-state index in [4.69, 9.17) is 0 Å². The van der Waals surface area contributed by atoms with Gasteiger partial charge in [0.15, 0.2) is 0 Å². The number of piperidine rings is 1. The molecule has 2 heterocycles. The average Bonchev–Trinajstić information content (AvgIpc) is 2.42. The average molecular weight is 278 g/mol. The Hall–Kier alpha value is -1.69. The third kappa shape index (κ3) is 3.90. The van der Waals surface area contributed by atoms with Crippen LogP contribution < -0.4 is 5.32 Å². The summed E-state index contributed by atoms with van der Waals surface area (Å²) in [6.07, 6.45) is 5.20. The van der Waals surface area contributed by atoms with Gasteiger partial charge in [0.1, 0.15) is 12.0 Å². The van der Waals surface area contributed by atoms with Gasteiger partial charge in [-0.15, -0.1) is 0 Å². The Kier molecular flexibility index (Phi) is 4.89. The molecule has 0 radical (unpaired) electrons. The van der Waals surface area contributed by atoms with Gasteiger partial charge in [0, 0.05) is 18.7 Å². The molecule has 1 aliphatic heterocycles. The number of aryl methyl sites for hydroxylation is 1. The van der Waals surface area contributed by atoms with Crippen LogP contribution in [0, 0.1) is 17.0 Å². The van der Waals surface area contributed by atoms with E-state index in [1.54, 1.807) is 6.07 Å². The molecule has 1 aromatic heterocycles. The van der Waals surface area contributed by atoms with Gasteiger partial charge in [0.25, 0.3) is 5.69 Å². The Morgan fingerprint density at radius 3 is 2.75 bits per heavy atom. The number of likely N-dealkylation sites (tertiary alicyclic amines) is 1. The van der Waals surface area contributed by atoms with E-state index in [1.807, 2.05) is 6.92 Å². The molecule has 0 bridgehead atoms. The molecule has 1 saturated heterocycles. The van der Waals surface area contributed by atoms with E-state index >= 15 is 0 Å². The van der Waals surface area contributed by atoms with Crippen LogP contribution in [0.3, 0.4) is 0 Å². The first-order chi connectivity index (χ1) is 9.56. The van der Waals surface area contributed by atoms with Crippen molar-refractivity contribution in [1.29, 1.82) is 0 Å². The van der Waals surface area contributed by atoms with E-state index in [-0.39, 0.29) is 11.7 Å². The molecule has 1 aromatic rings. The zero-order chi connectivity index (χ0) is 14.5. The first-order valence-corrected chi connectivity index (χ1v) is 7.16. The predicted molar refractivity (Wildman–Crippen MR) is 79.0 cm³/mol. The molecule has 0 aromatic carbocycles. The van der Waals surface area contributed by atoms with Crippen LogP contribution in [0.1, 0.15) is 31.7 Å². The summed E-state index contributed by atoms with van der Waals surface area (Å²) >= 11 is 0. The van der Waals surface area contributed by atoms with Crippen molar-refractivity contribution in [2.75, 3.05) is 25.0 Å². The lowest BCUT2D eigenvalue weighted by molar-refractivity contribution is -0.385. The fourth-order valence-electron chi connectivity index (χ4n) is 2.62. The standard InChI is InChI=1S/C14H22N4O2/c1-11-8-13(18(19)20)9-15-14(11)16-12(2)10-17-6-4-3-5-7-17/h8-9,12H,3-7,10H2,1-2H3,(H,15,16). The van der Waals surface area contributed by atoms with E-state index in [9.17, 15) is 10.1 Å². The second kappa shape index (κ2) is 6.65. The highest BCUT2D eigenvalue weighted by Gasteiger charge is 2.15. The molecule has 6 nitrogen and oxygen atoms in total. The first-order valence-electron chi connectivity index (χ1n) is 7.16. The molecule has 110 valence electrons. The number of nitrogens with zero attached hydrogens (tertiary/aromatic N) is 3. The van der Waals surface area contributed by atoms with Crippen molar-refractivity contribution >= 4 is 11.5 Å². The zero-order valence-electron chi connectivity index (χ0n) is 12.1. The van der Waals surface area contributed by atoms with E-state index in [1.165, 1.54) is 38.5 Å². The second-order valence-corrected chi connectivity index (χ2v) is 5.52. The van der Waals surface area contributed by atoms with E-state index < -0.39 is 4.92 Å². The maximum Gasteiger partial charge on any atom is 0.287 e. The number of rotatable bonds is 5. The molecule has 6 heteroatoms. The van der Waals surface area contributed by atoms with Crippen LogP contribution >= 0.6 is 0 Å². The molecule has 0 spiro atoms. The summed E-state index contributed by atoms with van der Waals surface area (Å²) in [7, 11) is 0. The third-order valence-electron chi connectivity index (χ3n) is 3.64. The Morgan fingerprint density at radius 1 is 1.45 bits per heavy atom. The fraction of sp³-hybridized carbons (Fsp3) is 0.643. The summed E-state index contributed by atoms with van der Waals surface area (Å²) in [5.41, 5.74) is 0.849. The van der Waals surface area contributed by atoms with Crippen molar-refractivity contribution in [3.8, 4) is 0 Å². The van der Waals surface area contributed by atoms with Gasteiger partial charge in [-0.3, -0.25) is 10.1 Å². The van der Waals surface area contributed by atoms with Crippen LogP contribution in [0.15, 0.2) is 12.3 Å². The van der Waals surface area contributed by atoms with Crippen molar-refractivity contribution in [2.24, 2.45) is 0 Å². The van der Waals surface area contributed by atoms with E-state index in [0.29, 0.717) is 0 Å². The largest absolute Gasteiger partial charge is 0.366 e. The molecule has 0 saturated carbocycles. The van der Waals surface area contributed by atoms with Gasteiger partial charge in [-0.25, -0.2) is 4.98 Å². The molecule has 20 heavy (non-hydrogen) atoms. The summed E-state index contributed by atoms with van der Waals surface area (Å²) in [6.45, 7) is 7.28. The summed E-state index contributed by atoms with van der Waals surface area (Å²) in [6, 6.07) is 1.84. The molecule has 1 aliphatic rings. The topological polar surface area (TPSA) is 71.3 Å². The maximum atomic E-state index is 10.7. The molecule has 0 amide bonds. The smallest absolute Gasteiger partial charge is 0.287 e. The van der Waals surface area contributed by atoms with Gasteiger partial charge in [-0.05, 0) is 45.3 Å². The van der Waals surface area contributed by atoms with Crippen molar-refractivity contribution in [3.05, 3.63) is 27.9 Å². The second-order valence-electron chi connectivity index (χ2n) is 5.52. The van der Waals surface area contributed by atoms with Crippen LogP contribution in [0.5, 0.6) is 0 Å². The van der Waals surface area contributed by atoms with E-state index in [0.717, 1.165) is 17.9 Å². The maximum absolute atomic E-state index is 10.7. The predicted octanol–water partition coefficient (Wildman–Crippen LogP) is 2.58. The monoisotopic (exact) mass is 278 g/mol. The molecule has 2 rings (SSSR count). The number of nitrogens with one attached hydrogen (secondary N) is 1. The lowest BCUT2D eigenvalue weighted by Gasteiger charge is -2.29. The molecule has 1 N–H and O–H groups in total. The SMILES string of the molecule is Cc1cc([N+](=O)[O-])cnc1NC(C)CN1CCCCC1. The number of hydrogen-bond donors (Lipinski definition) is 1. The van der Waals surface area contributed by atoms with Gasteiger partial charge in [-0.2, -0.15) is 0 Å². The minimum atomic E-state index is -0.416. The summed E-state index contributed by atoms with van der Waals surface area (Å²) in [5, 5.41) is 14.0. The van der Waals surface area contributed by atoms with Crippen LogP contribution in [-0.2, 0) is 0 Å². The fourth-order valence-corrected chi connectivity index (χ4v) is 2.62. The molecular formula is C14H22N4O2. The number of hydrogen-bond acceptors (Lipinski definition) is 5. The number of pyridine rings is 1. The Balaban J connectivity index is 1.93. The number of anilines is 1. The number of nitro groups is 1. The highest BCUT2D eigenvalue weighted by atomic mass is 16.6. The van der Waals surface area contributed by atoms with Crippen LogP contribution in [0.2, 0.25) is 0 Å². The molecule has 1 fully saturated rings. The minimum Gasteiger partial charge on any atom is -0.366 e. The van der Waals surface area contributed by atoms with Crippen molar-refractivity contribution in [3.63, 3.8) is 0 Å². The third-order valence-corrected chi connectivity index (χ3v) is 3.64. The van der Waals surface area contributed by atoms with Crippen LogP contribution in [0.25, 0.3) is 0 Å². The molecule has 0 aliphatic carbocycles. The van der Waals surface area contributed by atoms with Gasteiger partial charge in [-0.1, -0.05) is 6.42 Å². The van der Waals surface area contributed by atoms with Crippen molar-refractivity contribution in [1.82, 2.24) is 9.88 Å². The summed E-state index contributed by atoms with van der Waals surface area (Å²) in [5.74, 6) is 0.736. The molecular weight excluding hydrogens is 256 g/mol. The Labute approximate surface area is 119 Å². The lowest BCUT2D eigenvalue weighted by atomic mass is 10.1. The van der Waals surface area contributed by atoms with Gasteiger partial charge < -0.3 is 10.2 Å². The molecule has 1 atom stereocenters. The Morgan fingerprint density at radius 2 is 2.15 bits per heavy atom. The van der Waals surface area contributed by atoms with Crippen molar-refractivity contribution in [2.45, 2.75) is 39.2 Å². The molecule has 1 unspecified atom stereocenters. The van der Waals surface area contributed by atoms with Crippen molar-refractivity contribution < 1.29 is 4.92 Å². The van der Waals surface area contributed by atoms with Crippen LogP contribution in [-0.4, -0.2) is 40.5 Å². The van der Waals surface area contributed by atoms with Gasteiger partial charge in [0.05, 0.1) is 4.92 Å². The van der Waals surface area contributed by atoms with Gasteiger partial charge >= 0.3 is 0 Å². The first kappa shape index (κ1) is 14.7. The normalized spacial score (nSPS) is 17.7. The summed E-state index contributed by atoms with van der Waals surface area (Å²) in [4.78, 5) is 16.9. The number of aromatic nitrogens is 1. The Bertz CT molecular complexity index is 472. The van der Waals surface area contributed by atoms with Gasteiger partial charge in [0.2, 0.25) is 0 Å². The van der Waals surface area contributed by atoms with E-state index in [2.05, 4.69) is 22.1 Å². The minimum absolute atomic E-state index is 0.0386. The highest BCUT2D eigenvalue weighted by Crippen LogP contribution is 2.19. The zero-order valence-corrected chi connectivity index (χ0v) is 12.1. The highest BCUT2D eigenvalue weighted by molar-refractivity contribution is 5.48.